The summed E-state index contributed by atoms with van der Waals surface area (Å²) in [5.41, 5.74) is 1.04. The van der Waals surface area contributed by atoms with E-state index in [1.165, 1.54) is 6.08 Å². The molecule has 0 atom stereocenters. The number of nitrogens with one attached hydrogen (secondary N) is 1. The van der Waals surface area contributed by atoms with Crippen LogP contribution in [0.25, 0.3) is 0 Å². The van der Waals surface area contributed by atoms with Crippen molar-refractivity contribution < 1.29 is 4.92 Å². The second kappa shape index (κ2) is 3.58. The van der Waals surface area contributed by atoms with Gasteiger partial charge >= 0.3 is 0 Å². The topological polar surface area (TPSA) is 55.2 Å². The molecule has 0 heterocycles. The van der Waals surface area contributed by atoms with Crippen LogP contribution in [0.5, 0.6) is 0 Å². The summed E-state index contributed by atoms with van der Waals surface area (Å²) in [4.78, 5) is 9.94. The third-order valence-electron chi connectivity index (χ3n) is 1.75. The normalized spacial score (nSPS) is 17.3. The van der Waals surface area contributed by atoms with Gasteiger partial charge in [0.15, 0.2) is 0 Å². The highest BCUT2D eigenvalue weighted by Gasteiger charge is 2.18. The highest BCUT2D eigenvalue weighted by atomic mass is 35.5. The molecule has 0 aromatic carbocycles. The Hall–Kier alpha value is -1.03. The van der Waals surface area contributed by atoms with E-state index in [2.05, 4.69) is 5.32 Å². The van der Waals surface area contributed by atoms with Crippen molar-refractivity contribution in [3.63, 3.8) is 0 Å². The molecule has 1 aliphatic rings. The average Bonchev–Trinajstić information content (AvgIpc) is 2.04. The predicted molar refractivity (Wildman–Crippen MR) is 46.3 cm³/mol. The molecule has 5 heteroatoms. The molecule has 1 rings (SSSR count). The molecule has 0 fully saturated rings. The zero-order chi connectivity index (χ0) is 9.14. The Balaban J connectivity index is 2.88. The van der Waals surface area contributed by atoms with Gasteiger partial charge in [-0.2, -0.15) is 0 Å². The minimum Gasteiger partial charge on any atom is -0.390 e. The quantitative estimate of drug-likeness (QED) is 0.529. The van der Waals surface area contributed by atoms with Gasteiger partial charge in [0.2, 0.25) is 5.70 Å². The van der Waals surface area contributed by atoms with Gasteiger partial charge < -0.3 is 5.32 Å². The fourth-order valence-corrected chi connectivity index (χ4v) is 1.38. The van der Waals surface area contributed by atoms with E-state index in [1.807, 2.05) is 0 Å². The van der Waals surface area contributed by atoms with Gasteiger partial charge in [-0.1, -0.05) is 11.6 Å². The van der Waals surface area contributed by atoms with E-state index in [4.69, 9.17) is 11.6 Å². The van der Waals surface area contributed by atoms with Crippen molar-refractivity contribution in [2.45, 2.75) is 12.8 Å². The summed E-state index contributed by atoms with van der Waals surface area (Å²) in [7, 11) is 1.75. The fourth-order valence-electron chi connectivity index (χ4n) is 1.07. The van der Waals surface area contributed by atoms with Crippen molar-refractivity contribution in [2.24, 2.45) is 0 Å². The Labute approximate surface area is 75.0 Å². The van der Waals surface area contributed by atoms with E-state index < -0.39 is 4.92 Å². The van der Waals surface area contributed by atoms with Crippen molar-refractivity contribution in [1.29, 1.82) is 0 Å². The van der Waals surface area contributed by atoms with E-state index in [0.29, 0.717) is 17.9 Å². The van der Waals surface area contributed by atoms with Crippen molar-refractivity contribution in [1.82, 2.24) is 5.32 Å². The molecule has 0 saturated heterocycles. The van der Waals surface area contributed by atoms with Crippen LogP contribution in [0, 0.1) is 10.1 Å². The second-order valence-corrected chi connectivity index (χ2v) is 2.88. The lowest BCUT2D eigenvalue weighted by Crippen LogP contribution is -2.12. The van der Waals surface area contributed by atoms with Crippen LogP contribution in [-0.2, 0) is 0 Å². The summed E-state index contributed by atoms with van der Waals surface area (Å²) in [6.45, 7) is 0. The summed E-state index contributed by atoms with van der Waals surface area (Å²) in [6.07, 6.45) is 2.46. The average molecular weight is 189 g/mol. The molecule has 66 valence electrons. The number of nitrogens with zero attached hydrogens (tertiary/aromatic N) is 1. The van der Waals surface area contributed by atoms with Crippen molar-refractivity contribution in [3.8, 4) is 0 Å². The summed E-state index contributed by atoms with van der Waals surface area (Å²) < 4.78 is 0. The van der Waals surface area contributed by atoms with Gasteiger partial charge in [-0.15, -0.1) is 0 Å². The number of hydrogen-bond donors (Lipinski definition) is 1. The molecule has 0 spiro atoms. The van der Waals surface area contributed by atoms with Crippen LogP contribution in [0.1, 0.15) is 12.8 Å². The Morgan fingerprint density at radius 3 is 2.75 bits per heavy atom. The summed E-state index contributed by atoms with van der Waals surface area (Å²) in [5.74, 6) is 0. The summed E-state index contributed by atoms with van der Waals surface area (Å²) in [5, 5.41) is 13.7. The standard InChI is InChI=1S/C7H9ClN2O2/c1-9-7-3-2-5(10(11)12)4-6(7)8/h4,9H,2-3H2,1H3. The predicted octanol–water partition coefficient (Wildman–Crippen LogP) is 1.61. The molecule has 12 heavy (non-hydrogen) atoms. The van der Waals surface area contributed by atoms with Gasteiger partial charge in [-0.05, 0) is 6.42 Å². The van der Waals surface area contributed by atoms with Crippen LogP contribution in [0.2, 0.25) is 0 Å². The Kier molecular flexibility index (Phi) is 2.70. The maximum absolute atomic E-state index is 10.3. The highest BCUT2D eigenvalue weighted by molar-refractivity contribution is 6.31. The Bertz CT molecular complexity index is 271. The lowest BCUT2D eigenvalue weighted by Gasteiger charge is -2.11. The first kappa shape index (κ1) is 9.06. The van der Waals surface area contributed by atoms with Crippen molar-refractivity contribution in [3.05, 3.63) is 32.6 Å². The monoisotopic (exact) mass is 188 g/mol. The first-order chi connectivity index (χ1) is 5.65. The van der Waals surface area contributed by atoms with Crippen LogP contribution < -0.4 is 5.32 Å². The van der Waals surface area contributed by atoms with Gasteiger partial charge in [0, 0.05) is 25.2 Å². The molecular weight excluding hydrogens is 180 g/mol. The number of halogens is 1. The lowest BCUT2D eigenvalue weighted by molar-refractivity contribution is -0.428. The largest absolute Gasteiger partial charge is 0.390 e. The molecule has 0 bridgehead atoms. The van der Waals surface area contributed by atoms with Crippen molar-refractivity contribution >= 4 is 11.6 Å². The lowest BCUT2D eigenvalue weighted by atomic mass is 10.1. The molecule has 1 aliphatic carbocycles. The maximum atomic E-state index is 10.3. The van der Waals surface area contributed by atoms with Gasteiger partial charge in [0.1, 0.15) is 0 Å². The Morgan fingerprint density at radius 1 is 1.67 bits per heavy atom. The first-order valence-electron chi connectivity index (χ1n) is 3.56. The third kappa shape index (κ3) is 1.76. The van der Waals surface area contributed by atoms with E-state index in [0.717, 1.165) is 5.70 Å². The number of nitro groups is 1. The third-order valence-corrected chi connectivity index (χ3v) is 2.09. The van der Waals surface area contributed by atoms with E-state index >= 15 is 0 Å². The first-order valence-corrected chi connectivity index (χ1v) is 3.94. The van der Waals surface area contributed by atoms with E-state index in [1.54, 1.807) is 7.05 Å². The molecular formula is C7H9ClN2O2. The molecule has 0 saturated carbocycles. The summed E-state index contributed by atoms with van der Waals surface area (Å²) >= 11 is 5.76. The molecule has 0 aromatic rings. The van der Waals surface area contributed by atoms with E-state index in [-0.39, 0.29) is 5.70 Å². The Morgan fingerprint density at radius 2 is 2.33 bits per heavy atom. The molecule has 0 aliphatic heterocycles. The second-order valence-electron chi connectivity index (χ2n) is 2.47. The minimum atomic E-state index is -0.394. The van der Waals surface area contributed by atoms with Crippen LogP contribution in [-0.4, -0.2) is 12.0 Å². The van der Waals surface area contributed by atoms with Gasteiger partial charge in [0.05, 0.1) is 9.96 Å². The molecule has 0 amide bonds. The van der Waals surface area contributed by atoms with Crippen LogP contribution in [0.3, 0.4) is 0 Å². The molecule has 0 aromatic heterocycles. The van der Waals surface area contributed by atoms with E-state index in [9.17, 15) is 10.1 Å². The number of hydrogen-bond acceptors (Lipinski definition) is 3. The minimum absolute atomic E-state index is 0.180. The van der Waals surface area contributed by atoms with Crippen LogP contribution in [0.15, 0.2) is 22.5 Å². The van der Waals surface area contributed by atoms with Gasteiger partial charge in [0.25, 0.3) is 0 Å². The zero-order valence-electron chi connectivity index (χ0n) is 6.63. The molecule has 1 N–H and O–H groups in total. The SMILES string of the molecule is CNC1=C(Cl)C=C([N+](=O)[O-])CC1. The maximum Gasteiger partial charge on any atom is 0.248 e. The van der Waals surface area contributed by atoms with Gasteiger partial charge in [-0.3, -0.25) is 10.1 Å². The molecule has 0 radical (unpaired) electrons. The smallest absolute Gasteiger partial charge is 0.248 e. The number of rotatable bonds is 2. The fraction of sp³-hybridized carbons (Fsp3) is 0.429. The van der Waals surface area contributed by atoms with Gasteiger partial charge in [-0.25, -0.2) is 0 Å². The summed E-state index contributed by atoms with van der Waals surface area (Å²) in [6, 6.07) is 0. The van der Waals surface area contributed by atoms with Crippen molar-refractivity contribution in [2.75, 3.05) is 7.05 Å². The molecule has 0 unspecified atom stereocenters. The molecule has 4 nitrogen and oxygen atoms in total. The van der Waals surface area contributed by atoms with Crippen LogP contribution >= 0.6 is 11.6 Å². The van der Waals surface area contributed by atoms with Crippen LogP contribution in [0.4, 0.5) is 0 Å². The zero-order valence-corrected chi connectivity index (χ0v) is 7.39. The number of allylic oxidation sites excluding steroid dienone is 4. The highest BCUT2D eigenvalue weighted by Crippen LogP contribution is 2.24.